The summed E-state index contributed by atoms with van der Waals surface area (Å²) < 4.78 is 19.3. The van der Waals surface area contributed by atoms with Crippen molar-refractivity contribution < 1.29 is 18.8 Å². The number of rotatable bonds is 5. The Morgan fingerprint density at radius 3 is 2.79 bits per heavy atom. The maximum Gasteiger partial charge on any atom is 0.323 e. The van der Waals surface area contributed by atoms with Crippen molar-refractivity contribution in [3.8, 4) is 11.6 Å². The fourth-order valence-electron chi connectivity index (χ4n) is 3.00. The molecular weight excluding hydrogens is 383 g/mol. The Morgan fingerprint density at radius 2 is 2.17 bits per heavy atom. The van der Waals surface area contributed by atoms with Gasteiger partial charge in [0.1, 0.15) is 12.1 Å². The predicted octanol–water partition coefficient (Wildman–Crippen LogP) is 2.91. The van der Waals surface area contributed by atoms with Gasteiger partial charge < -0.3 is 15.4 Å². The maximum absolute atomic E-state index is 14.0. The van der Waals surface area contributed by atoms with E-state index in [1.165, 1.54) is 6.07 Å². The molecule has 29 heavy (non-hydrogen) atoms. The number of nitrogens with one attached hydrogen (secondary N) is 1. The number of urea groups is 1. The van der Waals surface area contributed by atoms with Gasteiger partial charge in [-0.25, -0.2) is 19.2 Å². The second kappa shape index (κ2) is 7.95. The molecule has 1 atom stereocenters. The lowest BCUT2D eigenvalue weighted by Gasteiger charge is -2.26. The van der Waals surface area contributed by atoms with Crippen LogP contribution in [0, 0.1) is 21.8 Å². The molecule has 3 N–H and O–H groups in total. The van der Waals surface area contributed by atoms with Gasteiger partial charge in [0.25, 0.3) is 5.69 Å². The molecule has 154 valence electrons. The molecule has 0 saturated carbocycles. The SMILES string of the molecule is CC(C)(N)[C@H]1CCN(C(=O)Nc2cc(Oc3ccc([N+](=O)[O-])cc3F)ncn2)C1. The van der Waals surface area contributed by atoms with Crippen molar-refractivity contribution in [2.75, 3.05) is 18.4 Å². The fraction of sp³-hybridized carbons (Fsp3) is 0.389. The van der Waals surface area contributed by atoms with Gasteiger partial charge in [0, 0.05) is 30.8 Å². The van der Waals surface area contributed by atoms with Gasteiger partial charge in [-0.3, -0.25) is 15.4 Å². The lowest BCUT2D eigenvalue weighted by atomic mass is 9.88. The molecule has 1 aliphatic rings. The van der Waals surface area contributed by atoms with E-state index in [4.69, 9.17) is 10.5 Å². The third-order valence-corrected chi connectivity index (χ3v) is 4.75. The van der Waals surface area contributed by atoms with E-state index >= 15 is 0 Å². The summed E-state index contributed by atoms with van der Waals surface area (Å²) in [5.74, 6) is -0.791. The maximum atomic E-state index is 14.0. The second-order valence-corrected chi connectivity index (χ2v) is 7.40. The van der Waals surface area contributed by atoms with Crippen molar-refractivity contribution >= 4 is 17.5 Å². The van der Waals surface area contributed by atoms with Crippen LogP contribution in [0.3, 0.4) is 0 Å². The van der Waals surface area contributed by atoms with Gasteiger partial charge >= 0.3 is 6.03 Å². The van der Waals surface area contributed by atoms with Crippen molar-refractivity contribution in [2.24, 2.45) is 11.7 Å². The molecule has 0 bridgehead atoms. The van der Waals surface area contributed by atoms with Crippen LogP contribution in [0.4, 0.5) is 20.7 Å². The van der Waals surface area contributed by atoms with Gasteiger partial charge in [-0.15, -0.1) is 0 Å². The first-order valence-electron chi connectivity index (χ1n) is 8.92. The van der Waals surface area contributed by atoms with E-state index in [-0.39, 0.29) is 34.9 Å². The normalized spacial score (nSPS) is 16.6. The van der Waals surface area contributed by atoms with E-state index in [1.807, 2.05) is 13.8 Å². The Balaban J connectivity index is 1.66. The molecule has 1 saturated heterocycles. The van der Waals surface area contributed by atoms with Crippen LogP contribution in [0.15, 0.2) is 30.6 Å². The number of carbonyl (C=O) groups is 1. The highest BCUT2D eigenvalue weighted by Gasteiger charge is 2.34. The Labute approximate surface area is 166 Å². The molecule has 2 heterocycles. The van der Waals surface area contributed by atoms with Crippen LogP contribution in [0.25, 0.3) is 0 Å². The van der Waals surface area contributed by atoms with Crippen molar-refractivity contribution in [3.63, 3.8) is 0 Å². The lowest BCUT2D eigenvalue weighted by Crippen LogP contribution is -2.43. The number of anilines is 1. The Morgan fingerprint density at radius 1 is 1.41 bits per heavy atom. The van der Waals surface area contributed by atoms with Crippen LogP contribution in [0.1, 0.15) is 20.3 Å². The highest BCUT2D eigenvalue weighted by Crippen LogP contribution is 2.28. The summed E-state index contributed by atoms with van der Waals surface area (Å²) in [4.78, 5) is 31.9. The highest BCUT2D eigenvalue weighted by molar-refractivity contribution is 5.88. The van der Waals surface area contributed by atoms with Crippen LogP contribution in [-0.2, 0) is 0 Å². The van der Waals surface area contributed by atoms with Crippen LogP contribution < -0.4 is 15.8 Å². The summed E-state index contributed by atoms with van der Waals surface area (Å²) in [7, 11) is 0. The van der Waals surface area contributed by atoms with Gasteiger partial charge in [-0.2, -0.15) is 0 Å². The number of ether oxygens (including phenoxy) is 1. The van der Waals surface area contributed by atoms with Crippen LogP contribution in [0.2, 0.25) is 0 Å². The van der Waals surface area contributed by atoms with Crippen LogP contribution in [0.5, 0.6) is 11.6 Å². The molecule has 11 heteroatoms. The summed E-state index contributed by atoms with van der Waals surface area (Å²) in [6, 6.07) is 4.00. The monoisotopic (exact) mass is 404 g/mol. The van der Waals surface area contributed by atoms with Gasteiger partial charge in [-0.05, 0) is 32.3 Å². The number of nitrogens with zero attached hydrogens (tertiary/aromatic N) is 4. The number of halogens is 1. The van der Waals surface area contributed by atoms with Crippen LogP contribution in [-0.4, -0.2) is 44.5 Å². The van der Waals surface area contributed by atoms with Crippen LogP contribution >= 0.6 is 0 Å². The lowest BCUT2D eigenvalue weighted by molar-refractivity contribution is -0.385. The number of nitrogens with two attached hydrogens (primary N) is 1. The highest BCUT2D eigenvalue weighted by atomic mass is 19.1. The van der Waals surface area contributed by atoms with E-state index in [2.05, 4.69) is 15.3 Å². The number of non-ortho nitro benzene ring substituents is 1. The van der Waals surface area contributed by atoms with E-state index in [0.29, 0.717) is 13.1 Å². The zero-order chi connectivity index (χ0) is 21.2. The number of nitro benzene ring substituents is 1. The number of hydrogen-bond acceptors (Lipinski definition) is 7. The predicted molar refractivity (Wildman–Crippen MR) is 102 cm³/mol. The van der Waals surface area contributed by atoms with E-state index in [9.17, 15) is 19.3 Å². The average Bonchev–Trinajstić information content (AvgIpc) is 3.14. The Kier molecular flexibility index (Phi) is 5.59. The van der Waals surface area contributed by atoms with Gasteiger partial charge in [-0.1, -0.05) is 0 Å². The summed E-state index contributed by atoms with van der Waals surface area (Å²) >= 11 is 0. The number of benzene rings is 1. The van der Waals surface area contributed by atoms with Crippen molar-refractivity contribution in [1.82, 2.24) is 14.9 Å². The second-order valence-electron chi connectivity index (χ2n) is 7.40. The smallest absolute Gasteiger partial charge is 0.323 e. The summed E-state index contributed by atoms with van der Waals surface area (Å²) in [6.45, 7) is 4.99. The number of amides is 2. The molecule has 1 aromatic heterocycles. The topological polar surface area (TPSA) is 137 Å². The molecule has 2 aromatic rings. The third kappa shape index (κ3) is 4.93. The Hall–Kier alpha value is -3.34. The largest absolute Gasteiger partial charge is 0.436 e. The molecule has 3 rings (SSSR count). The molecule has 0 aliphatic carbocycles. The zero-order valence-corrected chi connectivity index (χ0v) is 16.0. The molecule has 1 aromatic carbocycles. The fourth-order valence-corrected chi connectivity index (χ4v) is 3.00. The standard InChI is InChI=1S/C18H21FN6O4/c1-18(2,20)11-5-6-24(9-11)17(26)23-15-8-16(22-10-21-15)29-14-4-3-12(25(27)28)7-13(14)19/h3-4,7-8,10-11H,5-6,9,20H2,1-2H3,(H,21,22,23,26)/t11-/m0/s1. The first-order valence-corrected chi connectivity index (χ1v) is 8.92. The molecule has 2 amide bonds. The Bertz CT molecular complexity index is 933. The number of likely N-dealkylation sites (tertiary alicyclic amines) is 1. The van der Waals surface area contributed by atoms with Crippen molar-refractivity contribution in [2.45, 2.75) is 25.8 Å². The number of aromatic nitrogens is 2. The summed E-state index contributed by atoms with van der Waals surface area (Å²) in [6.07, 6.45) is 1.97. The van der Waals surface area contributed by atoms with Gasteiger partial charge in [0.05, 0.1) is 11.0 Å². The number of carbonyl (C=O) groups excluding carboxylic acids is 1. The van der Waals surface area contributed by atoms with Gasteiger partial charge in [0.2, 0.25) is 5.88 Å². The number of hydrogen-bond donors (Lipinski definition) is 2. The molecule has 1 fully saturated rings. The van der Waals surface area contributed by atoms with Crippen molar-refractivity contribution in [1.29, 1.82) is 0 Å². The average molecular weight is 404 g/mol. The molecule has 0 radical (unpaired) electrons. The minimum atomic E-state index is -0.907. The van der Waals surface area contributed by atoms with E-state index in [0.717, 1.165) is 30.9 Å². The summed E-state index contributed by atoms with van der Waals surface area (Å²) in [5.41, 5.74) is 5.35. The van der Waals surface area contributed by atoms with E-state index in [1.54, 1.807) is 4.90 Å². The molecule has 0 spiro atoms. The van der Waals surface area contributed by atoms with Crippen molar-refractivity contribution in [3.05, 3.63) is 46.5 Å². The third-order valence-electron chi connectivity index (χ3n) is 4.75. The zero-order valence-electron chi connectivity index (χ0n) is 16.0. The molecule has 10 nitrogen and oxygen atoms in total. The molecule has 1 aliphatic heterocycles. The minimum absolute atomic E-state index is 0.0227. The van der Waals surface area contributed by atoms with E-state index < -0.39 is 16.4 Å². The quantitative estimate of drug-likeness (QED) is 0.577. The molecule has 0 unspecified atom stereocenters. The summed E-state index contributed by atoms with van der Waals surface area (Å²) in [5, 5.41) is 13.3. The number of nitro groups is 1. The van der Waals surface area contributed by atoms with Gasteiger partial charge in [0.15, 0.2) is 11.6 Å². The molecular formula is C18H21FN6O4. The first kappa shape index (κ1) is 20.4. The minimum Gasteiger partial charge on any atom is -0.436 e. The first-order chi connectivity index (χ1) is 13.6.